The Labute approximate surface area is 120 Å². The first kappa shape index (κ1) is 12.9. The maximum atomic E-state index is 12.5. The van der Waals surface area contributed by atoms with E-state index in [-0.39, 0.29) is 18.4 Å². The van der Waals surface area contributed by atoms with Crippen LogP contribution < -0.4 is 5.32 Å². The molecule has 0 radical (unpaired) electrons. The van der Waals surface area contributed by atoms with Crippen LogP contribution >= 0.6 is 11.6 Å². The van der Waals surface area contributed by atoms with Crippen LogP contribution in [0.4, 0.5) is 0 Å². The zero-order valence-electron chi connectivity index (χ0n) is 10.6. The molecular weight excluding hydrogens is 278 g/mol. The Morgan fingerprint density at radius 2 is 2.05 bits per heavy atom. The molecule has 1 N–H and O–H groups in total. The van der Waals surface area contributed by atoms with Crippen molar-refractivity contribution >= 4 is 34.2 Å². The third kappa shape index (κ3) is 2.20. The van der Waals surface area contributed by atoms with E-state index in [1.165, 1.54) is 11.1 Å². The topological polar surface area (TPSA) is 62.3 Å². The molecule has 1 aromatic heterocycles. The van der Waals surface area contributed by atoms with E-state index < -0.39 is 0 Å². The molecule has 1 aliphatic rings. The molecule has 0 atom stereocenters. The molecule has 0 bridgehead atoms. The van der Waals surface area contributed by atoms with E-state index in [2.05, 4.69) is 10.3 Å². The van der Waals surface area contributed by atoms with Crippen LogP contribution in [0.5, 0.6) is 0 Å². The summed E-state index contributed by atoms with van der Waals surface area (Å²) in [6.07, 6.45) is 1.47. The number of piperazine rings is 1. The SMILES string of the molecule is O=C1CN(C(=O)c2cnc(Cl)c3ccccc23)CCN1. The van der Waals surface area contributed by atoms with Crippen LogP contribution in [0, 0.1) is 0 Å². The van der Waals surface area contributed by atoms with Gasteiger partial charge in [0.25, 0.3) is 5.91 Å². The van der Waals surface area contributed by atoms with Gasteiger partial charge in [-0.05, 0) is 5.39 Å². The molecule has 3 rings (SSSR count). The number of rotatable bonds is 1. The van der Waals surface area contributed by atoms with Crippen molar-refractivity contribution in [3.05, 3.63) is 41.2 Å². The second-order valence-electron chi connectivity index (χ2n) is 4.58. The summed E-state index contributed by atoms with van der Waals surface area (Å²) in [4.78, 5) is 29.5. The molecule has 1 fully saturated rings. The van der Waals surface area contributed by atoms with Gasteiger partial charge in [-0.25, -0.2) is 4.98 Å². The molecule has 102 valence electrons. The van der Waals surface area contributed by atoms with Gasteiger partial charge < -0.3 is 10.2 Å². The second-order valence-corrected chi connectivity index (χ2v) is 4.94. The molecule has 2 amide bonds. The predicted octanol–water partition coefficient (Wildman–Crippen LogP) is 1.46. The fourth-order valence-corrected chi connectivity index (χ4v) is 2.52. The first-order valence-electron chi connectivity index (χ1n) is 6.26. The van der Waals surface area contributed by atoms with Crippen LogP contribution in [0.15, 0.2) is 30.5 Å². The summed E-state index contributed by atoms with van der Waals surface area (Å²) < 4.78 is 0. The molecule has 0 aliphatic carbocycles. The van der Waals surface area contributed by atoms with E-state index in [1.54, 1.807) is 0 Å². The van der Waals surface area contributed by atoms with Crippen molar-refractivity contribution in [2.75, 3.05) is 19.6 Å². The number of carbonyl (C=O) groups is 2. The van der Waals surface area contributed by atoms with Gasteiger partial charge in [-0.3, -0.25) is 9.59 Å². The van der Waals surface area contributed by atoms with Crippen molar-refractivity contribution in [2.24, 2.45) is 0 Å². The number of amides is 2. The normalized spacial score (nSPS) is 15.2. The molecule has 20 heavy (non-hydrogen) atoms. The third-order valence-corrected chi connectivity index (χ3v) is 3.60. The smallest absolute Gasteiger partial charge is 0.256 e. The van der Waals surface area contributed by atoms with Crippen LogP contribution in [0.2, 0.25) is 5.15 Å². The summed E-state index contributed by atoms with van der Waals surface area (Å²) in [7, 11) is 0. The Hall–Kier alpha value is -2.14. The number of fused-ring (bicyclic) bond motifs is 1. The first-order valence-corrected chi connectivity index (χ1v) is 6.64. The molecule has 1 aliphatic heterocycles. The highest BCUT2D eigenvalue weighted by Crippen LogP contribution is 2.25. The third-order valence-electron chi connectivity index (χ3n) is 3.30. The predicted molar refractivity (Wildman–Crippen MR) is 75.7 cm³/mol. The summed E-state index contributed by atoms with van der Waals surface area (Å²) in [6.45, 7) is 1.06. The summed E-state index contributed by atoms with van der Waals surface area (Å²) in [5, 5.41) is 4.55. The lowest BCUT2D eigenvalue weighted by atomic mass is 10.1. The zero-order valence-corrected chi connectivity index (χ0v) is 11.4. The molecule has 2 heterocycles. The highest BCUT2D eigenvalue weighted by atomic mass is 35.5. The number of nitrogens with zero attached hydrogens (tertiary/aromatic N) is 2. The van der Waals surface area contributed by atoms with Gasteiger partial charge >= 0.3 is 0 Å². The summed E-state index contributed by atoms with van der Waals surface area (Å²) in [6, 6.07) is 7.35. The number of benzene rings is 1. The van der Waals surface area contributed by atoms with Crippen molar-refractivity contribution in [3.8, 4) is 0 Å². The highest BCUT2D eigenvalue weighted by Gasteiger charge is 2.24. The fraction of sp³-hybridized carbons (Fsp3) is 0.214. The number of carbonyl (C=O) groups excluding carboxylic acids is 2. The molecule has 0 spiro atoms. The minimum absolute atomic E-state index is 0.0792. The van der Waals surface area contributed by atoms with E-state index in [4.69, 9.17) is 11.6 Å². The largest absolute Gasteiger partial charge is 0.353 e. The zero-order chi connectivity index (χ0) is 14.1. The maximum absolute atomic E-state index is 12.5. The number of hydrogen-bond donors (Lipinski definition) is 1. The van der Waals surface area contributed by atoms with Gasteiger partial charge in [0.05, 0.1) is 12.1 Å². The van der Waals surface area contributed by atoms with E-state index in [9.17, 15) is 9.59 Å². The van der Waals surface area contributed by atoms with Crippen molar-refractivity contribution < 1.29 is 9.59 Å². The molecule has 1 saturated heterocycles. The summed E-state index contributed by atoms with van der Waals surface area (Å²) in [5.74, 6) is -0.337. The van der Waals surface area contributed by atoms with E-state index in [0.29, 0.717) is 23.8 Å². The second kappa shape index (κ2) is 5.09. The number of nitrogens with one attached hydrogen (secondary N) is 1. The van der Waals surface area contributed by atoms with Gasteiger partial charge in [0, 0.05) is 24.7 Å². The van der Waals surface area contributed by atoms with Gasteiger partial charge in [0.1, 0.15) is 5.15 Å². The molecule has 1 aromatic carbocycles. The van der Waals surface area contributed by atoms with Gasteiger partial charge in [0.2, 0.25) is 5.91 Å². The van der Waals surface area contributed by atoms with E-state index in [1.807, 2.05) is 24.3 Å². The molecular formula is C14H12ClN3O2. The van der Waals surface area contributed by atoms with Gasteiger partial charge in [-0.1, -0.05) is 35.9 Å². The van der Waals surface area contributed by atoms with Gasteiger partial charge in [-0.2, -0.15) is 0 Å². The lowest BCUT2D eigenvalue weighted by Crippen LogP contribution is -2.50. The number of aromatic nitrogens is 1. The quantitative estimate of drug-likeness (QED) is 0.809. The molecule has 0 saturated carbocycles. The van der Waals surface area contributed by atoms with Crippen molar-refractivity contribution in [3.63, 3.8) is 0 Å². The monoisotopic (exact) mass is 289 g/mol. The lowest BCUT2D eigenvalue weighted by molar-refractivity contribution is -0.123. The molecule has 2 aromatic rings. The van der Waals surface area contributed by atoms with Crippen molar-refractivity contribution in [1.82, 2.24) is 15.2 Å². The first-order chi connectivity index (χ1) is 9.66. The van der Waals surface area contributed by atoms with Crippen LogP contribution in [0.3, 0.4) is 0 Å². The van der Waals surface area contributed by atoms with E-state index in [0.717, 1.165) is 10.8 Å². The van der Waals surface area contributed by atoms with Gasteiger partial charge in [-0.15, -0.1) is 0 Å². The van der Waals surface area contributed by atoms with Crippen LogP contribution in [0.1, 0.15) is 10.4 Å². The number of halogens is 1. The molecule has 0 unspecified atom stereocenters. The maximum Gasteiger partial charge on any atom is 0.256 e. The summed E-state index contributed by atoms with van der Waals surface area (Å²) in [5.41, 5.74) is 0.472. The average molecular weight is 290 g/mol. The van der Waals surface area contributed by atoms with Crippen LogP contribution in [0.25, 0.3) is 10.8 Å². The Morgan fingerprint density at radius 3 is 2.80 bits per heavy atom. The molecule has 6 heteroatoms. The molecule has 5 nitrogen and oxygen atoms in total. The Bertz CT molecular complexity index is 702. The minimum atomic E-state index is -0.194. The Balaban J connectivity index is 2.04. The standard InChI is InChI=1S/C14H12ClN3O2/c15-13-10-4-2-1-3-9(10)11(7-17-13)14(20)18-6-5-16-12(19)8-18/h1-4,7H,5-6,8H2,(H,16,19). The Kier molecular flexibility index (Phi) is 3.28. The van der Waals surface area contributed by atoms with Crippen LogP contribution in [-0.2, 0) is 4.79 Å². The number of hydrogen-bond acceptors (Lipinski definition) is 3. The Morgan fingerprint density at radius 1 is 1.30 bits per heavy atom. The lowest BCUT2D eigenvalue weighted by Gasteiger charge is -2.27. The fourth-order valence-electron chi connectivity index (χ4n) is 2.31. The average Bonchev–Trinajstić information content (AvgIpc) is 2.47. The highest BCUT2D eigenvalue weighted by molar-refractivity contribution is 6.34. The van der Waals surface area contributed by atoms with Gasteiger partial charge in [0.15, 0.2) is 0 Å². The van der Waals surface area contributed by atoms with Crippen molar-refractivity contribution in [1.29, 1.82) is 0 Å². The summed E-state index contributed by atoms with van der Waals surface area (Å²) >= 11 is 6.04. The van der Waals surface area contributed by atoms with E-state index >= 15 is 0 Å². The van der Waals surface area contributed by atoms with Crippen LogP contribution in [-0.4, -0.2) is 41.3 Å². The van der Waals surface area contributed by atoms with Crippen molar-refractivity contribution in [2.45, 2.75) is 0 Å². The minimum Gasteiger partial charge on any atom is -0.353 e. The number of pyridine rings is 1.